The maximum Gasteiger partial charge on any atom is 0.166 e. The number of rotatable bonds is 6. The molecule has 0 heterocycles. The predicted octanol–water partition coefficient (Wildman–Crippen LogP) is 2.78. The summed E-state index contributed by atoms with van der Waals surface area (Å²) in [6.45, 7) is 9.60. The molecular formula is C11H24N2S2. The summed E-state index contributed by atoms with van der Waals surface area (Å²) in [5.41, 5.74) is 0. The van der Waals surface area contributed by atoms with E-state index < -0.39 is 0 Å². The van der Waals surface area contributed by atoms with Crippen molar-refractivity contribution in [3.63, 3.8) is 0 Å². The van der Waals surface area contributed by atoms with Gasteiger partial charge in [0, 0.05) is 17.3 Å². The quantitative estimate of drug-likeness (QED) is 0.706. The van der Waals surface area contributed by atoms with Crippen LogP contribution in [0.5, 0.6) is 0 Å². The monoisotopic (exact) mass is 248 g/mol. The molecule has 0 aromatic carbocycles. The number of thioether (sulfide) groups is 1. The van der Waals surface area contributed by atoms with Crippen molar-refractivity contribution in [1.82, 2.24) is 10.6 Å². The highest BCUT2D eigenvalue weighted by molar-refractivity contribution is 8.00. The van der Waals surface area contributed by atoms with E-state index in [2.05, 4.69) is 44.6 Å². The minimum atomic E-state index is 0.322. The van der Waals surface area contributed by atoms with E-state index in [-0.39, 0.29) is 0 Å². The molecule has 0 amide bonds. The van der Waals surface area contributed by atoms with Gasteiger partial charge in [0.05, 0.1) is 0 Å². The molecule has 2 N–H and O–H groups in total. The molecule has 90 valence electrons. The van der Waals surface area contributed by atoms with E-state index in [4.69, 9.17) is 12.2 Å². The Balaban J connectivity index is 4.05. The highest BCUT2D eigenvalue weighted by Gasteiger charge is 2.24. The van der Waals surface area contributed by atoms with Crippen LogP contribution in [0.15, 0.2) is 0 Å². The van der Waals surface area contributed by atoms with Crippen LogP contribution in [0, 0.1) is 0 Å². The van der Waals surface area contributed by atoms with Gasteiger partial charge in [0.15, 0.2) is 5.11 Å². The van der Waals surface area contributed by atoms with Crippen LogP contribution in [0.25, 0.3) is 0 Å². The second-order valence-corrected chi connectivity index (χ2v) is 5.76. The Bertz CT molecular complexity index is 181. The smallest absolute Gasteiger partial charge is 0.166 e. The van der Waals surface area contributed by atoms with Gasteiger partial charge >= 0.3 is 0 Å². The maximum absolute atomic E-state index is 5.21. The SMILES string of the molecule is CCC(CC)(CNC(=S)NC(C)C)SC. The van der Waals surface area contributed by atoms with E-state index in [0.29, 0.717) is 10.8 Å². The van der Waals surface area contributed by atoms with Gasteiger partial charge in [0.1, 0.15) is 0 Å². The van der Waals surface area contributed by atoms with Crippen molar-refractivity contribution in [2.45, 2.75) is 51.3 Å². The van der Waals surface area contributed by atoms with E-state index in [1.165, 1.54) is 12.8 Å². The minimum Gasteiger partial charge on any atom is -0.361 e. The van der Waals surface area contributed by atoms with E-state index in [9.17, 15) is 0 Å². The Morgan fingerprint density at radius 1 is 1.33 bits per heavy atom. The Morgan fingerprint density at radius 3 is 2.20 bits per heavy atom. The number of thiocarbonyl (C=S) groups is 1. The lowest BCUT2D eigenvalue weighted by atomic mass is 10.0. The van der Waals surface area contributed by atoms with E-state index in [0.717, 1.165) is 11.7 Å². The molecule has 0 bridgehead atoms. The normalized spacial score (nSPS) is 11.6. The third-order valence-corrected chi connectivity index (χ3v) is 4.56. The maximum atomic E-state index is 5.21. The van der Waals surface area contributed by atoms with Crippen molar-refractivity contribution in [2.24, 2.45) is 0 Å². The van der Waals surface area contributed by atoms with E-state index >= 15 is 0 Å². The molecular weight excluding hydrogens is 224 g/mol. The van der Waals surface area contributed by atoms with Gasteiger partial charge in [-0.25, -0.2) is 0 Å². The molecule has 4 heteroatoms. The highest BCUT2D eigenvalue weighted by atomic mass is 32.2. The lowest BCUT2D eigenvalue weighted by Gasteiger charge is -2.30. The molecule has 2 nitrogen and oxygen atoms in total. The molecule has 0 saturated heterocycles. The summed E-state index contributed by atoms with van der Waals surface area (Å²) in [7, 11) is 0. The molecule has 0 aliphatic carbocycles. The fraction of sp³-hybridized carbons (Fsp3) is 0.909. The van der Waals surface area contributed by atoms with Crippen LogP contribution in [-0.2, 0) is 0 Å². The Hall–Kier alpha value is 0.0400. The summed E-state index contributed by atoms with van der Waals surface area (Å²) in [6, 6.07) is 0.400. The first-order valence-corrected chi connectivity index (χ1v) is 7.22. The van der Waals surface area contributed by atoms with Gasteiger partial charge < -0.3 is 10.6 Å². The van der Waals surface area contributed by atoms with Crippen LogP contribution in [0.3, 0.4) is 0 Å². The fourth-order valence-electron chi connectivity index (χ4n) is 1.42. The molecule has 0 unspecified atom stereocenters. The molecule has 0 aliphatic rings. The lowest BCUT2D eigenvalue weighted by Crippen LogP contribution is -2.45. The molecule has 0 aliphatic heterocycles. The first kappa shape index (κ1) is 15.0. The van der Waals surface area contributed by atoms with Crippen LogP contribution in [0.1, 0.15) is 40.5 Å². The van der Waals surface area contributed by atoms with E-state index in [1.54, 1.807) is 0 Å². The van der Waals surface area contributed by atoms with Gasteiger partial charge in [-0.1, -0.05) is 13.8 Å². The molecule has 0 saturated carbocycles. The third-order valence-electron chi connectivity index (χ3n) is 2.71. The molecule has 0 fully saturated rings. The van der Waals surface area contributed by atoms with Crippen molar-refractivity contribution < 1.29 is 0 Å². The second kappa shape index (κ2) is 7.34. The number of hydrogen-bond donors (Lipinski definition) is 2. The van der Waals surface area contributed by atoms with Crippen LogP contribution < -0.4 is 10.6 Å². The Labute approximate surface area is 104 Å². The standard InChI is InChI=1S/C11H24N2S2/c1-6-11(7-2,15-5)8-12-10(14)13-9(3)4/h9H,6-8H2,1-5H3,(H2,12,13,14). The first-order chi connectivity index (χ1) is 6.99. The fourth-order valence-corrected chi connectivity index (χ4v) is 2.52. The molecule has 0 aromatic heterocycles. The Morgan fingerprint density at radius 2 is 1.87 bits per heavy atom. The van der Waals surface area contributed by atoms with E-state index in [1.807, 2.05) is 11.8 Å². The van der Waals surface area contributed by atoms with Gasteiger partial charge in [-0.15, -0.1) is 0 Å². The zero-order valence-corrected chi connectivity index (χ0v) is 12.1. The minimum absolute atomic E-state index is 0.322. The topological polar surface area (TPSA) is 24.1 Å². The zero-order valence-electron chi connectivity index (χ0n) is 10.5. The van der Waals surface area contributed by atoms with Crippen molar-refractivity contribution >= 4 is 29.1 Å². The molecule has 15 heavy (non-hydrogen) atoms. The van der Waals surface area contributed by atoms with Gasteiger partial charge in [-0.3, -0.25) is 0 Å². The van der Waals surface area contributed by atoms with Crippen LogP contribution >= 0.6 is 24.0 Å². The third kappa shape index (κ3) is 5.61. The summed E-state index contributed by atoms with van der Waals surface area (Å²) in [6.07, 6.45) is 4.51. The van der Waals surface area contributed by atoms with Crippen LogP contribution in [0.2, 0.25) is 0 Å². The molecule has 0 atom stereocenters. The predicted molar refractivity (Wildman–Crippen MR) is 75.7 cm³/mol. The van der Waals surface area contributed by atoms with Crippen LogP contribution in [-0.4, -0.2) is 28.7 Å². The van der Waals surface area contributed by atoms with Crippen molar-refractivity contribution in [3.05, 3.63) is 0 Å². The van der Waals surface area contributed by atoms with Crippen molar-refractivity contribution in [3.8, 4) is 0 Å². The average molecular weight is 248 g/mol. The molecule has 0 aromatic rings. The summed E-state index contributed by atoms with van der Waals surface area (Å²) < 4.78 is 0.322. The summed E-state index contributed by atoms with van der Waals surface area (Å²) >= 11 is 7.14. The zero-order chi connectivity index (χ0) is 11.9. The summed E-state index contributed by atoms with van der Waals surface area (Å²) in [5, 5.41) is 7.27. The number of hydrogen-bond acceptors (Lipinski definition) is 2. The lowest BCUT2D eigenvalue weighted by molar-refractivity contribution is 0.533. The average Bonchev–Trinajstić information content (AvgIpc) is 2.20. The van der Waals surface area contributed by atoms with Gasteiger partial charge in [0.2, 0.25) is 0 Å². The van der Waals surface area contributed by atoms with Crippen LogP contribution in [0.4, 0.5) is 0 Å². The molecule has 0 radical (unpaired) electrons. The van der Waals surface area contributed by atoms with Crippen molar-refractivity contribution in [1.29, 1.82) is 0 Å². The first-order valence-electron chi connectivity index (χ1n) is 5.59. The van der Waals surface area contributed by atoms with Gasteiger partial charge in [0.25, 0.3) is 0 Å². The molecule has 0 rings (SSSR count). The highest BCUT2D eigenvalue weighted by Crippen LogP contribution is 2.29. The van der Waals surface area contributed by atoms with Gasteiger partial charge in [-0.2, -0.15) is 11.8 Å². The Kier molecular flexibility index (Phi) is 7.36. The summed E-state index contributed by atoms with van der Waals surface area (Å²) in [5.74, 6) is 0. The second-order valence-electron chi connectivity index (χ2n) is 4.08. The van der Waals surface area contributed by atoms with Crippen molar-refractivity contribution in [2.75, 3.05) is 12.8 Å². The largest absolute Gasteiger partial charge is 0.361 e. The number of nitrogens with one attached hydrogen (secondary N) is 2. The van der Waals surface area contributed by atoms with Gasteiger partial charge in [-0.05, 0) is 45.2 Å². The summed E-state index contributed by atoms with van der Waals surface area (Å²) in [4.78, 5) is 0. The molecule has 0 spiro atoms.